The molecule has 1 spiro atoms. The molecule has 2 aliphatic rings. The molecular formula is C17H14O4. The molecule has 4 heteroatoms. The largest absolute Gasteiger partial charge is 0.478 e. The maximum absolute atomic E-state index is 12.0. The number of rotatable bonds is 2. The van der Waals surface area contributed by atoms with E-state index in [9.17, 15) is 9.59 Å². The monoisotopic (exact) mass is 282 g/mol. The van der Waals surface area contributed by atoms with E-state index in [0.717, 1.165) is 5.56 Å². The van der Waals surface area contributed by atoms with Crippen LogP contribution >= 0.6 is 0 Å². The molecular weight excluding hydrogens is 268 g/mol. The van der Waals surface area contributed by atoms with Crippen molar-refractivity contribution >= 4 is 17.5 Å². The third-order valence-corrected chi connectivity index (χ3v) is 3.55. The van der Waals surface area contributed by atoms with Gasteiger partial charge in [-0.15, -0.1) is 0 Å². The summed E-state index contributed by atoms with van der Waals surface area (Å²) < 4.78 is 10.9. The van der Waals surface area contributed by atoms with Crippen molar-refractivity contribution in [2.24, 2.45) is 0 Å². The molecule has 4 nitrogen and oxygen atoms in total. The minimum absolute atomic E-state index is 0.0861. The summed E-state index contributed by atoms with van der Waals surface area (Å²) in [5, 5.41) is 0. The number of benzene rings is 1. The highest BCUT2D eigenvalue weighted by atomic mass is 16.5. The highest BCUT2D eigenvalue weighted by Gasteiger charge is 2.41. The van der Waals surface area contributed by atoms with Crippen LogP contribution in [0.5, 0.6) is 0 Å². The molecule has 1 aromatic carbocycles. The Kier molecular flexibility index (Phi) is 3.22. The van der Waals surface area contributed by atoms with E-state index in [2.05, 4.69) is 0 Å². The van der Waals surface area contributed by atoms with Crippen molar-refractivity contribution in [3.8, 4) is 0 Å². The van der Waals surface area contributed by atoms with E-state index < -0.39 is 11.6 Å². The van der Waals surface area contributed by atoms with Crippen molar-refractivity contribution in [2.75, 3.05) is 7.11 Å². The predicted molar refractivity (Wildman–Crippen MR) is 77.1 cm³/mol. The molecule has 1 aliphatic heterocycles. The lowest BCUT2D eigenvalue weighted by atomic mass is 9.91. The quantitative estimate of drug-likeness (QED) is 0.782. The molecule has 106 valence electrons. The van der Waals surface area contributed by atoms with Gasteiger partial charge in [-0.3, -0.25) is 4.79 Å². The first-order chi connectivity index (χ1) is 10.1. The second-order valence-corrected chi connectivity index (χ2v) is 4.97. The average Bonchev–Trinajstić information content (AvgIpc) is 2.90. The Labute approximate surface area is 122 Å². The van der Waals surface area contributed by atoms with Crippen molar-refractivity contribution in [1.82, 2.24) is 0 Å². The van der Waals surface area contributed by atoms with Crippen molar-refractivity contribution < 1.29 is 19.1 Å². The topological polar surface area (TPSA) is 52.6 Å². The van der Waals surface area contributed by atoms with Gasteiger partial charge in [-0.25, -0.2) is 4.79 Å². The third kappa shape index (κ3) is 2.40. The van der Waals surface area contributed by atoms with Gasteiger partial charge in [0.25, 0.3) is 0 Å². The zero-order chi connectivity index (χ0) is 14.9. The summed E-state index contributed by atoms with van der Waals surface area (Å²) in [7, 11) is 1.35. The van der Waals surface area contributed by atoms with Crippen molar-refractivity contribution in [3.05, 3.63) is 65.8 Å². The molecule has 0 unspecified atom stereocenters. The summed E-state index contributed by atoms with van der Waals surface area (Å²) in [6, 6.07) is 9.40. The molecule has 1 aliphatic carbocycles. The van der Waals surface area contributed by atoms with Crippen LogP contribution in [-0.4, -0.2) is 24.5 Å². The Morgan fingerprint density at radius 3 is 2.48 bits per heavy atom. The van der Waals surface area contributed by atoms with Gasteiger partial charge in [0, 0.05) is 12.0 Å². The molecule has 0 bridgehead atoms. The lowest BCUT2D eigenvalue weighted by Crippen LogP contribution is -2.26. The first-order valence-corrected chi connectivity index (χ1v) is 6.62. The van der Waals surface area contributed by atoms with Gasteiger partial charge in [0.1, 0.15) is 5.76 Å². The summed E-state index contributed by atoms with van der Waals surface area (Å²) >= 11 is 0. The fraction of sp³-hybridized carbons (Fsp3) is 0.176. The maximum atomic E-state index is 12.0. The van der Waals surface area contributed by atoms with Gasteiger partial charge >= 0.3 is 5.97 Å². The number of ether oxygens (including phenoxy) is 2. The molecule has 0 saturated heterocycles. The molecule has 0 radical (unpaired) electrons. The fourth-order valence-corrected chi connectivity index (χ4v) is 2.50. The summed E-state index contributed by atoms with van der Waals surface area (Å²) in [5.41, 5.74) is 0.517. The van der Waals surface area contributed by atoms with Crippen molar-refractivity contribution in [1.29, 1.82) is 0 Å². The minimum atomic E-state index is -0.775. The van der Waals surface area contributed by atoms with Crippen LogP contribution < -0.4 is 0 Å². The van der Waals surface area contributed by atoms with E-state index in [0.29, 0.717) is 17.8 Å². The highest BCUT2D eigenvalue weighted by molar-refractivity contribution is 6.02. The Morgan fingerprint density at radius 1 is 1.19 bits per heavy atom. The number of hydrogen-bond acceptors (Lipinski definition) is 4. The molecule has 1 aromatic rings. The first-order valence-electron chi connectivity index (χ1n) is 6.62. The molecule has 0 saturated carbocycles. The van der Waals surface area contributed by atoms with Gasteiger partial charge in [0.05, 0.1) is 12.7 Å². The van der Waals surface area contributed by atoms with Crippen LogP contribution in [0.15, 0.2) is 60.2 Å². The summed E-state index contributed by atoms with van der Waals surface area (Å²) in [6.07, 6.45) is 6.65. The standard InChI is InChI=1S/C17H14O4/c1-20-16(19)14-11-17(9-7-13(18)8-10-17)21-15(14)12-5-3-2-4-6-12/h2-10H,11H2,1H3. The third-order valence-electron chi connectivity index (χ3n) is 3.55. The molecule has 0 fully saturated rings. The van der Waals surface area contributed by atoms with Gasteiger partial charge in [0.15, 0.2) is 11.4 Å². The molecule has 0 aromatic heterocycles. The number of hydrogen-bond donors (Lipinski definition) is 0. The van der Waals surface area contributed by atoms with Crippen LogP contribution in [0.4, 0.5) is 0 Å². The lowest BCUT2D eigenvalue weighted by molar-refractivity contribution is -0.136. The molecule has 21 heavy (non-hydrogen) atoms. The van der Waals surface area contributed by atoms with E-state index in [1.54, 1.807) is 12.2 Å². The van der Waals surface area contributed by atoms with Crippen LogP contribution in [0.1, 0.15) is 12.0 Å². The summed E-state index contributed by atoms with van der Waals surface area (Å²) in [5.74, 6) is 0.00697. The van der Waals surface area contributed by atoms with Gasteiger partial charge in [-0.1, -0.05) is 30.3 Å². The van der Waals surface area contributed by atoms with Gasteiger partial charge in [-0.2, -0.15) is 0 Å². The predicted octanol–water partition coefficient (Wildman–Crippen LogP) is 2.42. The Hall–Kier alpha value is -2.62. The second kappa shape index (κ2) is 5.05. The van der Waals surface area contributed by atoms with Crippen LogP contribution in [0.2, 0.25) is 0 Å². The minimum Gasteiger partial charge on any atom is -0.478 e. The fourth-order valence-electron chi connectivity index (χ4n) is 2.50. The number of ketones is 1. The van der Waals surface area contributed by atoms with E-state index in [4.69, 9.17) is 9.47 Å². The second-order valence-electron chi connectivity index (χ2n) is 4.97. The van der Waals surface area contributed by atoms with Crippen LogP contribution in [-0.2, 0) is 19.1 Å². The first kappa shape index (κ1) is 13.4. The van der Waals surface area contributed by atoms with Crippen molar-refractivity contribution in [3.63, 3.8) is 0 Å². The molecule has 3 rings (SSSR count). The SMILES string of the molecule is COC(=O)C1=C(c2ccccc2)OC2(C=CC(=O)C=C2)C1. The molecule has 1 heterocycles. The smallest absolute Gasteiger partial charge is 0.337 e. The Morgan fingerprint density at radius 2 is 1.86 bits per heavy atom. The highest BCUT2D eigenvalue weighted by Crippen LogP contribution is 2.42. The number of methoxy groups -OCH3 is 1. The maximum Gasteiger partial charge on any atom is 0.337 e. The van der Waals surface area contributed by atoms with Gasteiger partial charge in [-0.05, 0) is 24.3 Å². The van der Waals surface area contributed by atoms with E-state index in [1.165, 1.54) is 19.3 Å². The van der Waals surface area contributed by atoms with Crippen molar-refractivity contribution in [2.45, 2.75) is 12.0 Å². The Bertz CT molecular complexity index is 664. The zero-order valence-corrected chi connectivity index (χ0v) is 11.5. The number of esters is 1. The summed E-state index contributed by atoms with van der Waals surface area (Å²) in [6.45, 7) is 0. The van der Waals surface area contributed by atoms with E-state index in [-0.39, 0.29) is 5.78 Å². The molecule has 0 atom stereocenters. The van der Waals surface area contributed by atoms with Crippen LogP contribution in [0.3, 0.4) is 0 Å². The number of carbonyl (C=O) groups is 2. The summed E-state index contributed by atoms with van der Waals surface area (Å²) in [4.78, 5) is 23.3. The Balaban J connectivity index is 2.02. The van der Waals surface area contributed by atoms with Crippen LogP contribution in [0, 0.1) is 0 Å². The number of carbonyl (C=O) groups excluding carboxylic acids is 2. The zero-order valence-electron chi connectivity index (χ0n) is 11.5. The normalized spacial score (nSPS) is 19.0. The number of allylic oxidation sites excluding steroid dienone is 2. The average molecular weight is 282 g/mol. The van der Waals surface area contributed by atoms with E-state index >= 15 is 0 Å². The van der Waals surface area contributed by atoms with Gasteiger partial charge in [0.2, 0.25) is 0 Å². The lowest BCUT2D eigenvalue weighted by Gasteiger charge is -2.24. The molecule has 0 amide bonds. The van der Waals surface area contributed by atoms with Crippen LogP contribution in [0.25, 0.3) is 5.76 Å². The molecule has 0 N–H and O–H groups in total. The van der Waals surface area contributed by atoms with Gasteiger partial charge < -0.3 is 9.47 Å². The van der Waals surface area contributed by atoms with E-state index in [1.807, 2.05) is 30.3 Å².